The zero-order valence-electron chi connectivity index (χ0n) is 14.9. The quantitative estimate of drug-likeness (QED) is 0.811. The third-order valence-electron chi connectivity index (χ3n) is 3.91. The zero-order chi connectivity index (χ0) is 19.3. The van der Waals surface area contributed by atoms with Crippen molar-refractivity contribution in [1.82, 2.24) is 10.0 Å². The Balaban J connectivity index is 2.18. The van der Waals surface area contributed by atoms with E-state index < -0.39 is 27.9 Å². The van der Waals surface area contributed by atoms with Crippen molar-refractivity contribution in [2.24, 2.45) is 5.92 Å². The third-order valence-corrected chi connectivity index (χ3v) is 5.28. The van der Waals surface area contributed by atoms with E-state index in [4.69, 9.17) is 0 Å². The number of carbonyl (C=O) groups excluding carboxylic acids is 2. The lowest BCUT2D eigenvalue weighted by Crippen LogP contribution is -2.51. The van der Waals surface area contributed by atoms with Crippen molar-refractivity contribution < 1.29 is 18.0 Å². The van der Waals surface area contributed by atoms with Crippen LogP contribution in [0.2, 0.25) is 0 Å². The molecule has 7 heteroatoms. The molecule has 138 valence electrons. The fraction of sp³-hybridized carbons (Fsp3) is 0.263. The zero-order valence-corrected chi connectivity index (χ0v) is 15.7. The summed E-state index contributed by atoms with van der Waals surface area (Å²) in [7, 11) is -4.00. The van der Waals surface area contributed by atoms with Gasteiger partial charge in [-0.2, -0.15) is 0 Å². The molecule has 2 amide bonds. The first-order valence-corrected chi connectivity index (χ1v) is 9.69. The van der Waals surface area contributed by atoms with Crippen molar-refractivity contribution in [1.29, 1.82) is 0 Å². The van der Waals surface area contributed by atoms with Crippen LogP contribution < -0.4 is 10.0 Å². The molecule has 2 N–H and O–H groups in total. The van der Waals surface area contributed by atoms with Gasteiger partial charge in [0.15, 0.2) is 0 Å². The summed E-state index contributed by atoms with van der Waals surface area (Å²) < 4.78 is 26.7. The second kappa shape index (κ2) is 8.14. The first-order chi connectivity index (χ1) is 12.2. The van der Waals surface area contributed by atoms with Gasteiger partial charge in [0.05, 0.1) is 4.90 Å². The Kier molecular flexibility index (Phi) is 6.15. The summed E-state index contributed by atoms with van der Waals surface area (Å²) >= 11 is 0. The lowest BCUT2D eigenvalue weighted by molar-refractivity contribution is -0.122. The Morgan fingerprint density at radius 2 is 1.50 bits per heavy atom. The van der Waals surface area contributed by atoms with Crippen molar-refractivity contribution >= 4 is 21.8 Å². The van der Waals surface area contributed by atoms with Crippen molar-refractivity contribution in [2.45, 2.75) is 31.7 Å². The van der Waals surface area contributed by atoms with Crippen LogP contribution in [0, 0.1) is 12.8 Å². The normalized spacial score (nSPS) is 12.5. The maximum Gasteiger partial charge on any atom is 0.264 e. The maximum absolute atomic E-state index is 12.5. The second-order valence-corrected chi connectivity index (χ2v) is 7.98. The van der Waals surface area contributed by atoms with E-state index in [-0.39, 0.29) is 10.8 Å². The first kappa shape index (κ1) is 19.7. The first-order valence-electron chi connectivity index (χ1n) is 8.20. The number of amides is 2. The lowest BCUT2D eigenvalue weighted by Gasteiger charge is -2.22. The van der Waals surface area contributed by atoms with Crippen LogP contribution in [0.1, 0.15) is 29.8 Å². The van der Waals surface area contributed by atoms with E-state index >= 15 is 0 Å². The van der Waals surface area contributed by atoms with Gasteiger partial charge >= 0.3 is 0 Å². The molecule has 26 heavy (non-hydrogen) atoms. The largest absolute Gasteiger partial charge is 0.340 e. The van der Waals surface area contributed by atoms with Gasteiger partial charge in [0, 0.05) is 5.56 Å². The molecular weight excluding hydrogens is 352 g/mol. The van der Waals surface area contributed by atoms with Crippen LogP contribution in [0.4, 0.5) is 0 Å². The SMILES string of the molecule is Cc1ccccc1C(=O)N[C@@H](C(=O)NS(=O)(=O)c1ccccc1)C(C)C. The topological polar surface area (TPSA) is 92.3 Å². The molecule has 2 aromatic rings. The second-order valence-electron chi connectivity index (χ2n) is 6.29. The van der Waals surface area contributed by atoms with Crippen LogP contribution in [-0.4, -0.2) is 26.3 Å². The highest BCUT2D eigenvalue weighted by Gasteiger charge is 2.28. The lowest BCUT2D eigenvalue weighted by atomic mass is 10.0. The molecule has 0 aliphatic heterocycles. The number of sulfonamides is 1. The number of rotatable bonds is 6. The molecule has 0 unspecified atom stereocenters. The molecule has 0 saturated carbocycles. The van der Waals surface area contributed by atoms with E-state index in [1.807, 2.05) is 10.8 Å². The van der Waals surface area contributed by atoms with Crippen LogP contribution in [0.25, 0.3) is 0 Å². The maximum atomic E-state index is 12.5. The van der Waals surface area contributed by atoms with Crippen LogP contribution in [0.5, 0.6) is 0 Å². The molecule has 0 heterocycles. The van der Waals surface area contributed by atoms with Gasteiger partial charge < -0.3 is 5.32 Å². The fourth-order valence-corrected chi connectivity index (χ4v) is 3.46. The average Bonchev–Trinajstić information content (AvgIpc) is 2.60. The predicted octanol–water partition coefficient (Wildman–Crippen LogP) is 2.25. The molecule has 0 aromatic heterocycles. The number of aryl methyl sites for hydroxylation is 1. The smallest absolute Gasteiger partial charge is 0.264 e. The van der Waals surface area contributed by atoms with Crippen molar-refractivity contribution in [3.05, 3.63) is 65.7 Å². The summed E-state index contributed by atoms with van der Waals surface area (Å²) in [5.41, 5.74) is 1.21. The van der Waals surface area contributed by atoms with Gasteiger partial charge in [0.2, 0.25) is 0 Å². The molecule has 0 saturated heterocycles. The summed E-state index contributed by atoms with van der Waals surface area (Å²) in [5, 5.41) is 2.63. The highest BCUT2D eigenvalue weighted by atomic mass is 32.2. The van der Waals surface area contributed by atoms with Crippen molar-refractivity contribution in [3.63, 3.8) is 0 Å². The van der Waals surface area contributed by atoms with Gasteiger partial charge in [-0.3, -0.25) is 9.59 Å². The molecular formula is C19H22N2O4S. The minimum absolute atomic E-state index is 0.0129. The van der Waals surface area contributed by atoms with E-state index in [1.165, 1.54) is 12.1 Å². The molecule has 6 nitrogen and oxygen atoms in total. The Hall–Kier alpha value is -2.67. The van der Waals surface area contributed by atoms with E-state index in [0.29, 0.717) is 5.56 Å². The monoisotopic (exact) mass is 374 g/mol. The standard InChI is InChI=1S/C19H22N2O4S/c1-13(2)17(20-18(22)16-12-8-7-9-14(16)3)19(23)21-26(24,25)15-10-5-4-6-11-15/h4-13,17H,1-3H3,(H,20,22)(H,21,23)/t17-/m1/s1. The summed E-state index contributed by atoms with van der Waals surface area (Å²) in [6, 6.07) is 13.6. The number of hydrogen-bond acceptors (Lipinski definition) is 4. The molecule has 0 aliphatic carbocycles. The van der Waals surface area contributed by atoms with Gasteiger partial charge in [-0.25, -0.2) is 13.1 Å². The highest BCUT2D eigenvalue weighted by Crippen LogP contribution is 2.11. The molecule has 2 aromatic carbocycles. The van der Waals surface area contributed by atoms with Crippen LogP contribution in [0.3, 0.4) is 0 Å². The minimum atomic E-state index is -4.00. The van der Waals surface area contributed by atoms with E-state index in [1.54, 1.807) is 57.2 Å². The van der Waals surface area contributed by atoms with Crippen LogP contribution in [0.15, 0.2) is 59.5 Å². The third kappa shape index (κ3) is 4.70. The Labute approximate surface area is 153 Å². The number of carbonyl (C=O) groups is 2. The van der Waals surface area contributed by atoms with Crippen molar-refractivity contribution in [2.75, 3.05) is 0 Å². The molecule has 0 spiro atoms. The summed E-state index contributed by atoms with van der Waals surface area (Å²) in [6.07, 6.45) is 0. The molecule has 0 radical (unpaired) electrons. The van der Waals surface area contributed by atoms with Gasteiger partial charge in [-0.15, -0.1) is 0 Å². The van der Waals surface area contributed by atoms with E-state index in [2.05, 4.69) is 5.32 Å². The summed E-state index contributed by atoms with van der Waals surface area (Å²) in [6.45, 7) is 5.26. The molecule has 0 aliphatic rings. The molecule has 0 bridgehead atoms. The van der Waals surface area contributed by atoms with Gasteiger partial charge in [0.25, 0.3) is 21.8 Å². The van der Waals surface area contributed by atoms with Crippen LogP contribution >= 0.6 is 0 Å². The minimum Gasteiger partial charge on any atom is -0.340 e. The van der Waals surface area contributed by atoms with E-state index in [9.17, 15) is 18.0 Å². The van der Waals surface area contributed by atoms with Gasteiger partial charge in [0.1, 0.15) is 6.04 Å². The van der Waals surface area contributed by atoms with Crippen molar-refractivity contribution in [3.8, 4) is 0 Å². The van der Waals surface area contributed by atoms with Gasteiger partial charge in [-0.1, -0.05) is 50.2 Å². The molecule has 2 rings (SSSR count). The highest BCUT2D eigenvalue weighted by molar-refractivity contribution is 7.90. The predicted molar refractivity (Wildman–Crippen MR) is 99.0 cm³/mol. The van der Waals surface area contributed by atoms with E-state index in [0.717, 1.165) is 5.56 Å². The average molecular weight is 374 g/mol. The summed E-state index contributed by atoms with van der Waals surface area (Å²) in [4.78, 5) is 25.0. The number of hydrogen-bond donors (Lipinski definition) is 2. The van der Waals surface area contributed by atoms with Gasteiger partial charge in [-0.05, 0) is 36.6 Å². The Morgan fingerprint density at radius 1 is 0.923 bits per heavy atom. The Morgan fingerprint density at radius 3 is 2.08 bits per heavy atom. The Bertz CT molecular complexity index is 893. The molecule has 1 atom stereocenters. The molecule has 0 fully saturated rings. The van der Waals surface area contributed by atoms with Crippen LogP contribution in [-0.2, 0) is 14.8 Å². The fourth-order valence-electron chi connectivity index (χ4n) is 2.44. The number of benzene rings is 2. The number of nitrogens with one attached hydrogen (secondary N) is 2. The summed E-state index contributed by atoms with van der Waals surface area (Å²) in [5.74, 6) is -1.49.